The fourth-order valence-corrected chi connectivity index (χ4v) is 2.24. The SMILES string of the molecule is CC.COc1ccc(-n2c(C)nc3cc(C(=O)O)cnc32)cc1. The summed E-state index contributed by atoms with van der Waals surface area (Å²) in [6.45, 7) is 5.85. The van der Waals surface area contributed by atoms with Crippen molar-refractivity contribution in [2.75, 3.05) is 7.11 Å². The lowest BCUT2D eigenvalue weighted by atomic mass is 10.2. The van der Waals surface area contributed by atoms with Crippen molar-refractivity contribution >= 4 is 17.1 Å². The van der Waals surface area contributed by atoms with Crippen LogP contribution in [0.3, 0.4) is 0 Å². The minimum Gasteiger partial charge on any atom is -0.497 e. The van der Waals surface area contributed by atoms with Gasteiger partial charge in [0.15, 0.2) is 5.65 Å². The first kappa shape index (κ1) is 16.5. The van der Waals surface area contributed by atoms with E-state index in [1.54, 1.807) is 7.11 Å². The molecule has 0 aliphatic carbocycles. The second-order valence-electron chi connectivity index (χ2n) is 4.56. The highest BCUT2D eigenvalue weighted by atomic mass is 16.5. The van der Waals surface area contributed by atoms with E-state index in [4.69, 9.17) is 9.84 Å². The van der Waals surface area contributed by atoms with Crippen LogP contribution in [-0.4, -0.2) is 32.7 Å². The number of carboxylic acids is 1. The summed E-state index contributed by atoms with van der Waals surface area (Å²) >= 11 is 0. The number of fused-ring (bicyclic) bond motifs is 1. The molecule has 3 aromatic rings. The van der Waals surface area contributed by atoms with Crippen molar-refractivity contribution in [1.29, 1.82) is 0 Å². The molecule has 6 heteroatoms. The zero-order valence-electron chi connectivity index (χ0n) is 13.6. The maximum Gasteiger partial charge on any atom is 0.337 e. The Bertz CT molecular complexity index is 823. The molecular weight excluding hydrogens is 294 g/mol. The molecule has 0 saturated heterocycles. The molecule has 2 heterocycles. The van der Waals surface area contributed by atoms with Gasteiger partial charge in [0.2, 0.25) is 0 Å². The van der Waals surface area contributed by atoms with Crippen molar-refractivity contribution < 1.29 is 14.6 Å². The lowest BCUT2D eigenvalue weighted by Gasteiger charge is -2.07. The average Bonchev–Trinajstić information content (AvgIpc) is 2.91. The number of aryl methyl sites for hydroxylation is 1. The number of methoxy groups -OCH3 is 1. The predicted octanol–water partition coefficient (Wildman–Crippen LogP) is 3.46. The van der Waals surface area contributed by atoms with E-state index < -0.39 is 5.97 Å². The van der Waals surface area contributed by atoms with E-state index in [1.807, 2.05) is 49.6 Å². The van der Waals surface area contributed by atoms with Crippen LogP contribution in [0.25, 0.3) is 16.9 Å². The molecule has 2 aromatic heterocycles. The Kier molecular flexibility index (Phi) is 4.95. The first-order valence-electron chi connectivity index (χ1n) is 7.33. The summed E-state index contributed by atoms with van der Waals surface area (Å²) in [4.78, 5) is 19.6. The third-order valence-corrected chi connectivity index (χ3v) is 3.24. The van der Waals surface area contributed by atoms with E-state index in [2.05, 4.69) is 9.97 Å². The zero-order chi connectivity index (χ0) is 17.0. The molecule has 0 unspecified atom stereocenters. The van der Waals surface area contributed by atoms with Gasteiger partial charge in [0.25, 0.3) is 0 Å². The van der Waals surface area contributed by atoms with Gasteiger partial charge in [-0.05, 0) is 37.3 Å². The Hall–Kier alpha value is -2.89. The van der Waals surface area contributed by atoms with Gasteiger partial charge in [-0.2, -0.15) is 0 Å². The number of nitrogens with zero attached hydrogens (tertiary/aromatic N) is 3. The molecule has 0 bridgehead atoms. The minimum absolute atomic E-state index is 0.127. The van der Waals surface area contributed by atoms with E-state index in [0.29, 0.717) is 11.2 Å². The van der Waals surface area contributed by atoms with Crippen LogP contribution in [0.15, 0.2) is 36.5 Å². The lowest BCUT2D eigenvalue weighted by molar-refractivity contribution is 0.0696. The van der Waals surface area contributed by atoms with Gasteiger partial charge in [0.05, 0.1) is 12.7 Å². The third-order valence-electron chi connectivity index (χ3n) is 3.24. The molecule has 0 amide bonds. The van der Waals surface area contributed by atoms with Gasteiger partial charge in [-0.25, -0.2) is 14.8 Å². The summed E-state index contributed by atoms with van der Waals surface area (Å²) in [7, 11) is 1.61. The summed E-state index contributed by atoms with van der Waals surface area (Å²) in [5.74, 6) is 0.494. The zero-order valence-corrected chi connectivity index (χ0v) is 13.6. The number of ether oxygens (including phenoxy) is 1. The normalized spacial score (nSPS) is 10.1. The van der Waals surface area contributed by atoms with E-state index in [9.17, 15) is 4.79 Å². The highest BCUT2D eigenvalue weighted by Crippen LogP contribution is 2.22. The fraction of sp³-hybridized carbons (Fsp3) is 0.235. The molecule has 0 aliphatic heterocycles. The molecule has 0 aliphatic rings. The Morgan fingerprint density at radius 1 is 1.22 bits per heavy atom. The van der Waals surface area contributed by atoms with Crippen LogP contribution in [-0.2, 0) is 0 Å². The van der Waals surface area contributed by atoms with Gasteiger partial charge >= 0.3 is 5.97 Å². The van der Waals surface area contributed by atoms with Crippen LogP contribution < -0.4 is 4.74 Å². The summed E-state index contributed by atoms with van der Waals surface area (Å²) in [5.41, 5.74) is 2.21. The smallest absolute Gasteiger partial charge is 0.337 e. The van der Waals surface area contributed by atoms with Crippen molar-refractivity contribution in [1.82, 2.24) is 14.5 Å². The van der Waals surface area contributed by atoms with Crippen LogP contribution in [0, 0.1) is 6.92 Å². The van der Waals surface area contributed by atoms with Crippen molar-refractivity contribution in [3.63, 3.8) is 0 Å². The van der Waals surface area contributed by atoms with Crippen LogP contribution in [0.4, 0.5) is 0 Å². The third kappa shape index (κ3) is 3.15. The monoisotopic (exact) mass is 313 g/mol. The second-order valence-corrected chi connectivity index (χ2v) is 4.56. The topological polar surface area (TPSA) is 77.2 Å². The Morgan fingerprint density at radius 2 is 1.87 bits per heavy atom. The van der Waals surface area contributed by atoms with Crippen LogP contribution in [0.1, 0.15) is 30.0 Å². The van der Waals surface area contributed by atoms with Gasteiger partial charge in [-0.3, -0.25) is 4.57 Å². The maximum absolute atomic E-state index is 11.0. The number of aromatic carboxylic acids is 1. The molecule has 120 valence electrons. The summed E-state index contributed by atoms with van der Waals surface area (Å²) < 4.78 is 7.02. The Balaban J connectivity index is 0.000000924. The number of carboxylic acid groups (broad SMARTS) is 1. The predicted molar refractivity (Wildman–Crippen MR) is 88.5 cm³/mol. The molecule has 0 atom stereocenters. The summed E-state index contributed by atoms with van der Waals surface area (Å²) in [6.07, 6.45) is 1.34. The number of hydrogen-bond donors (Lipinski definition) is 1. The van der Waals surface area contributed by atoms with Gasteiger partial charge in [0.1, 0.15) is 17.1 Å². The first-order valence-corrected chi connectivity index (χ1v) is 7.33. The average molecular weight is 313 g/mol. The first-order chi connectivity index (χ1) is 11.1. The number of aromatic nitrogens is 3. The molecular formula is C17H19N3O3. The largest absolute Gasteiger partial charge is 0.497 e. The van der Waals surface area contributed by atoms with E-state index >= 15 is 0 Å². The number of rotatable bonds is 3. The van der Waals surface area contributed by atoms with Crippen molar-refractivity contribution in [2.45, 2.75) is 20.8 Å². The van der Waals surface area contributed by atoms with Gasteiger partial charge in [-0.1, -0.05) is 13.8 Å². The van der Waals surface area contributed by atoms with Crippen molar-refractivity contribution in [3.05, 3.63) is 47.9 Å². The highest BCUT2D eigenvalue weighted by Gasteiger charge is 2.13. The second kappa shape index (κ2) is 6.91. The molecule has 0 saturated carbocycles. The standard InChI is InChI=1S/C15H13N3O3.C2H6/c1-9-17-13-7-10(15(19)20)8-16-14(13)18(9)11-3-5-12(21-2)6-4-11;1-2/h3-8H,1-2H3,(H,19,20);1-2H3. The van der Waals surface area contributed by atoms with Crippen molar-refractivity contribution in [2.24, 2.45) is 0 Å². The Morgan fingerprint density at radius 3 is 2.43 bits per heavy atom. The lowest BCUT2D eigenvalue weighted by Crippen LogP contribution is -2.00. The highest BCUT2D eigenvalue weighted by molar-refractivity contribution is 5.91. The number of carbonyl (C=O) groups is 1. The molecule has 1 aromatic carbocycles. The molecule has 6 nitrogen and oxygen atoms in total. The van der Waals surface area contributed by atoms with E-state index in [1.165, 1.54) is 12.3 Å². The van der Waals surface area contributed by atoms with E-state index in [0.717, 1.165) is 17.3 Å². The molecule has 0 radical (unpaired) electrons. The molecule has 23 heavy (non-hydrogen) atoms. The van der Waals surface area contributed by atoms with Gasteiger partial charge in [-0.15, -0.1) is 0 Å². The minimum atomic E-state index is -1.01. The number of imidazole rings is 1. The number of pyridine rings is 1. The molecule has 1 N–H and O–H groups in total. The summed E-state index contributed by atoms with van der Waals surface area (Å²) in [6, 6.07) is 9.04. The maximum atomic E-state index is 11.0. The fourth-order valence-electron chi connectivity index (χ4n) is 2.24. The van der Waals surface area contributed by atoms with Crippen LogP contribution in [0.5, 0.6) is 5.75 Å². The van der Waals surface area contributed by atoms with Gasteiger partial charge in [0, 0.05) is 11.9 Å². The molecule has 3 rings (SSSR count). The van der Waals surface area contributed by atoms with Crippen LogP contribution >= 0.6 is 0 Å². The molecule has 0 fully saturated rings. The number of benzene rings is 1. The number of hydrogen-bond acceptors (Lipinski definition) is 4. The van der Waals surface area contributed by atoms with Crippen molar-refractivity contribution in [3.8, 4) is 11.4 Å². The quantitative estimate of drug-likeness (QED) is 0.801. The van der Waals surface area contributed by atoms with Gasteiger partial charge < -0.3 is 9.84 Å². The molecule has 0 spiro atoms. The Labute approximate surface area is 134 Å². The summed E-state index contributed by atoms with van der Waals surface area (Å²) in [5, 5.41) is 9.01. The van der Waals surface area contributed by atoms with Crippen LogP contribution in [0.2, 0.25) is 0 Å². The van der Waals surface area contributed by atoms with E-state index in [-0.39, 0.29) is 5.56 Å².